The van der Waals surface area contributed by atoms with Crippen molar-refractivity contribution in [3.63, 3.8) is 0 Å². The van der Waals surface area contributed by atoms with Gasteiger partial charge in [0.15, 0.2) is 0 Å². The van der Waals surface area contributed by atoms with Crippen LogP contribution in [0.2, 0.25) is 0 Å². The molecular weight excluding hydrogens is 128 g/mol. The molecule has 3 nitrogen and oxygen atoms in total. The highest BCUT2D eigenvalue weighted by Crippen LogP contribution is 2.18. The van der Waals surface area contributed by atoms with Crippen LogP contribution in [0.15, 0.2) is 0 Å². The number of β-amino-alcohol motifs (C(OH)–C–C–N with tert-alkyl or cyclic N) is 1. The number of hydrogen-bond acceptors (Lipinski definition) is 3. The zero-order chi connectivity index (χ0) is 7.78. The predicted molar refractivity (Wildman–Crippen MR) is 41.0 cm³/mol. The van der Waals surface area contributed by atoms with E-state index in [0.29, 0.717) is 0 Å². The minimum atomic E-state index is -0.552. The van der Waals surface area contributed by atoms with E-state index in [2.05, 4.69) is 10.2 Å². The third kappa shape index (κ3) is 1.31. The molecular formula is C7H16N2O. The molecule has 0 radical (unpaired) electrons. The van der Waals surface area contributed by atoms with Crippen LogP contribution < -0.4 is 5.32 Å². The standard InChI is InChI=1S/C7H16N2O/c1-7(10)5-9(3)4-6(7)8-2/h6,8,10H,4-5H2,1-3H3. The first-order valence-electron chi connectivity index (χ1n) is 3.64. The molecule has 0 aromatic heterocycles. The lowest BCUT2D eigenvalue weighted by Crippen LogP contribution is -2.46. The Morgan fingerprint density at radius 2 is 2.30 bits per heavy atom. The van der Waals surface area contributed by atoms with Crippen molar-refractivity contribution in [1.82, 2.24) is 10.2 Å². The molecule has 1 fully saturated rings. The first-order chi connectivity index (χ1) is 4.56. The highest BCUT2D eigenvalue weighted by molar-refractivity contribution is 4.97. The molecule has 3 heteroatoms. The molecule has 60 valence electrons. The van der Waals surface area contributed by atoms with E-state index in [9.17, 15) is 5.11 Å². The summed E-state index contributed by atoms with van der Waals surface area (Å²) in [5.41, 5.74) is -0.552. The highest BCUT2D eigenvalue weighted by atomic mass is 16.3. The van der Waals surface area contributed by atoms with Crippen LogP contribution in [0.1, 0.15) is 6.92 Å². The second kappa shape index (κ2) is 2.49. The van der Waals surface area contributed by atoms with E-state index in [1.54, 1.807) is 0 Å². The molecule has 10 heavy (non-hydrogen) atoms. The SMILES string of the molecule is CNC1CN(C)CC1(C)O. The van der Waals surface area contributed by atoms with Gasteiger partial charge in [0.1, 0.15) is 0 Å². The van der Waals surface area contributed by atoms with Gasteiger partial charge in [0.2, 0.25) is 0 Å². The van der Waals surface area contributed by atoms with Crippen LogP contribution in [-0.2, 0) is 0 Å². The molecule has 0 amide bonds. The van der Waals surface area contributed by atoms with E-state index in [0.717, 1.165) is 13.1 Å². The fourth-order valence-electron chi connectivity index (χ4n) is 1.63. The molecule has 1 aliphatic rings. The van der Waals surface area contributed by atoms with Gasteiger partial charge in [-0.15, -0.1) is 0 Å². The van der Waals surface area contributed by atoms with Crippen molar-refractivity contribution >= 4 is 0 Å². The molecule has 0 aliphatic carbocycles. The Balaban J connectivity index is 2.58. The maximum Gasteiger partial charge on any atom is 0.0910 e. The Labute approximate surface area is 62.0 Å². The summed E-state index contributed by atoms with van der Waals surface area (Å²) >= 11 is 0. The fraction of sp³-hybridized carbons (Fsp3) is 1.00. The minimum Gasteiger partial charge on any atom is -0.387 e. The quantitative estimate of drug-likeness (QED) is 0.509. The first kappa shape index (κ1) is 7.98. The largest absolute Gasteiger partial charge is 0.387 e. The molecule has 2 atom stereocenters. The zero-order valence-corrected chi connectivity index (χ0v) is 6.89. The summed E-state index contributed by atoms with van der Waals surface area (Å²) in [5, 5.41) is 12.8. The third-order valence-electron chi connectivity index (χ3n) is 2.18. The van der Waals surface area contributed by atoms with Crippen molar-refractivity contribution in [2.24, 2.45) is 0 Å². The lowest BCUT2D eigenvalue weighted by Gasteiger charge is -2.23. The van der Waals surface area contributed by atoms with E-state index in [-0.39, 0.29) is 6.04 Å². The van der Waals surface area contributed by atoms with Crippen LogP contribution in [0, 0.1) is 0 Å². The van der Waals surface area contributed by atoms with Gasteiger partial charge >= 0.3 is 0 Å². The van der Waals surface area contributed by atoms with Crippen molar-refractivity contribution in [1.29, 1.82) is 0 Å². The number of aliphatic hydroxyl groups is 1. The van der Waals surface area contributed by atoms with Gasteiger partial charge in [-0.2, -0.15) is 0 Å². The van der Waals surface area contributed by atoms with Gasteiger partial charge in [0.25, 0.3) is 0 Å². The molecule has 0 aromatic rings. The predicted octanol–water partition coefficient (Wildman–Crippen LogP) is -0.729. The summed E-state index contributed by atoms with van der Waals surface area (Å²) in [4.78, 5) is 2.13. The Bertz CT molecular complexity index is 125. The zero-order valence-electron chi connectivity index (χ0n) is 6.89. The number of rotatable bonds is 1. The monoisotopic (exact) mass is 144 g/mol. The van der Waals surface area contributed by atoms with Crippen LogP contribution >= 0.6 is 0 Å². The van der Waals surface area contributed by atoms with Gasteiger partial charge in [-0.05, 0) is 21.0 Å². The van der Waals surface area contributed by atoms with E-state index in [1.807, 2.05) is 21.0 Å². The Kier molecular flexibility index (Phi) is 1.99. The first-order valence-corrected chi connectivity index (χ1v) is 3.64. The molecule has 2 unspecified atom stereocenters. The minimum absolute atomic E-state index is 0.220. The summed E-state index contributed by atoms with van der Waals surface area (Å²) in [7, 11) is 3.91. The molecule has 1 rings (SSSR count). The lowest BCUT2D eigenvalue weighted by molar-refractivity contribution is 0.0498. The van der Waals surface area contributed by atoms with Crippen LogP contribution in [0.25, 0.3) is 0 Å². The van der Waals surface area contributed by atoms with Gasteiger partial charge < -0.3 is 15.3 Å². The molecule has 0 aromatic carbocycles. The molecule has 0 saturated carbocycles. The normalized spacial score (nSPS) is 42.6. The topological polar surface area (TPSA) is 35.5 Å². The van der Waals surface area contributed by atoms with E-state index >= 15 is 0 Å². The van der Waals surface area contributed by atoms with Crippen LogP contribution in [0.3, 0.4) is 0 Å². The van der Waals surface area contributed by atoms with Gasteiger partial charge in [0, 0.05) is 19.1 Å². The average molecular weight is 144 g/mol. The summed E-state index contributed by atoms with van der Waals surface area (Å²) in [6, 6.07) is 0.220. The van der Waals surface area contributed by atoms with Crippen molar-refractivity contribution in [2.45, 2.75) is 18.6 Å². The molecule has 1 saturated heterocycles. The Hall–Kier alpha value is -0.120. The molecule has 0 bridgehead atoms. The molecule has 2 N–H and O–H groups in total. The van der Waals surface area contributed by atoms with Gasteiger partial charge in [-0.3, -0.25) is 0 Å². The maximum atomic E-state index is 9.72. The Morgan fingerprint density at radius 1 is 1.70 bits per heavy atom. The summed E-state index contributed by atoms with van der Waals surface area (Å²) in [6.07, 6.45) is 0. The fourth-order valence-corrected chi connectivity index (χ4v) is 1.63. The van der Waals surface area contributed by atoms with Crippen LogP contribution in [-0.4, -0.2) is 48.8 Å². The number of nitrogens with one attached hydrogen (secondary N) is 1. The molecule has 0 spiro atoms. The van der Waals surface area contributed by atoms with Crippen molar-refractivity contribution < 1.29 is 5.11 Å². The number of hydrogen-bond donors (Lipinski definition) is 2. The number of likely N-dealkylation sites (N-methyl/N-ethyl adjacent to an activating group) is 2. The van der Waals surface area contributed by atoms with Crippen molar-refractivity contribution in [3.8, 4) is 0 Å². The average Bonchev–Trinajstić information content (AvgIpc) is 2.04. The molecule has 1 heterocycles. The van der Waals surface area contributed by atoms with Gasteiger partial charge in [-0.25, -0.2) is 0 Å². The van der Waals surface area contributed by atoms with E-state index in [1.165, 1.54) is 0 Å². The second-order valence-corrected chi connectivity index (χ2v) is 3.40. The van der Waals surface area contributed by atoms with E-state index < -0.39 is 5.60 Å². The highest BCUT2D eigenvalue weighted by Gasteiger charge is 2.38. The Morgan fingerprint density at radius 3 is 2.50 bits per heavy atom. The summed E-state index contributed by atoms with van der Waals surface area (Å²) in [6.45, 7) is 3.57. The van der Waals surface area contributed by atoms with Crippen LogP contribution in [0.5, 0.6) is 0 Å². The summed E-state index contributed by atoms with van der Waals surface area (Å²) in [5.74, 6) is 0. The smallest absolute Gasteiger partial charge is 0.0910 e. The second-order valence-electron chi connectivity index (χ2n) is 3.40. The molecule has 1 aliphatic heterocycles. The number of likely N-dealkylation sites (tertiary alicyclic amines) is 1. The van der Waals surface area contributed by atoms with Crippen LogP contribution in [0.4, 0.5) is 0 Å². The van der Waals surface area contributed by atoms with E-state index in [4.69, 9.17) is 0 Å². The van der Waals surface area contributed by atoms with Gasteiger partial charge in [0.05, 0.1) is 5.60 Å². The lowest BCUT2D eigenvalue weighted by atomic mass is 10.0. The van der Waals surface area contributed by atoms with Gasteiger partial charge in [-0.1, -0.05) is 0 Å². The number of nitrogens with zero attached hydrogens (tertiary/aromatic N) is 1. The van der Waals surface area contributed by atoms with Crippen molar-refractivity contribution in [3.05, 3.63) is 0 Å². The third-order valence-corrected chi connectivity index (χ3v) is 2.18. The van der Waals surface area contributed by atoms with Crippen molar-refractivity contribution in [2.75, 3.05) is 27.2 Å². The summed E-state index contributed by atoms with van der Waals surface area (Å²) < 4.78 is 0. The maximum absolute atomic E-state index is 9.72.